The first-order valence-electron chi connectivity index (χ1n) is 7.67. The van der Waals surface area contributed by atoms with Gasteiger partial charge in [0.05, 0.1) is 0 Å². The third-order valence-corrected chi connectivity index (χ3v) is 3.38. The van der Waals surface area contributed by atoms with Gasteiger partial charge in [-0.1, -0.05) is 25.1 Å². The predicted octanol–water partition coefficient (Wildman–Crippen LogP) is 4.69. The summed E-state index contributed by atoms with van der Waals surface area (Å²) < 4.78 is 45.9. The van der Waals surface area contributed by atoms with Crippen LogP contribution in [0, 0.1) is 6.92 Å². The molecule has 2 aromatic rings. The van der Waals surface area contributed by atoms with Gasteiger partial charge in [-0.05, 0) is 49.2 Å². The van der Waals surface area contributed by atoms with Gasteiger partial charge >= 0.3 is 6.36 Å². The highest BCUT2D eigenvalue weighted by Crippen LogP contribution is 2.24. The van der Waals surface area contributed by atoms with Crippen molar-refractivity contribution in [2.45, 2.75) is 32.7 Å². The summed E-state index contributed by atoms with van der Waals surface area (Å²) in [7, 11) is 0. The van der Waals surface area contributed by atoms with Crippen LogP contribution >= 0.6 is 0 Å². The zero-order chi connectivity index (χ0) is 18.4. The number of benzene rings is 2. The van der Waals surface area contributed by atoms with Crippen molar-refractivity contribution in [2.24, 2.45) is 0 Å². The molecule has 1 N–H and O–H groups in total. The van der Waals surface area contributed by atoms with E-state index in [1.165, 1.54) is 12.1 Å². The van der Waals surface area contributed by atoms with Crippen LogP contribution in [0.2, 0.25) is 0 Å². The molecule has 0 fully saturated rings. The van der Waals surface area contributed by atoms with E-state index < -0.39 is 12.5 Å². The van der Waals surface area contributed by atoms with E-state index in [2.05, 4.69) is 10.1 Å². The molecule has 0 radical (unpaired) electrons. The van der Waals surface area contributed by atoms with Gasteiger partial charge < -0.3 is 14.8 Å². The van der Waals surface area contributed by atoms with E-state index in [-0.39, 0.29) is 11.7 Å². The van der Waals surface area contributed by atoms with Crippen LogP contribution < -0.4 is 14.8 Å². The molecule has 0 spiro atoms. The number of alkyl halides is 3. The monoisotopic (exact) mass is 353 g/mol. The Morgan fingerprint density at radius 2 is 1.76 bits per heavy atom. The van der Waals surface area contributed by atoms with Gasteiger partial charge in [0.1, 0.15) is 11.5 Å². The standard InChI is InChI=1S/C18H18F3NO3/c1-3-15(24-16-7-5-4-6-12(16)2)17(23)22-13-8-10-14(11-9-13)25-18(19,20)21/h4-11,15H,3H2,1-2H3,(H,22,23)/t15-/m0/s1. The number of hydrogen-bond acceptors (Lipinski definition) is 3. The Morgan fingerprint density at radius 3 is 2.32 bits per heavy atom. The van der Waals surface area contributed by atoms with E-state index in [1.807, 2.05) is 32.0 Å². The zero-order valence-corrected chi connectivity index (χ0v) is 13.8. The molecular formula is C18H18F3NO3. The van der Waals surface area contributed by atoms with Crippen LogP contribution in [0.1, 0.15) is 18.9 Å². The third-order valence-electron chi connectivity index (χ3n) is 3.38. The highest BCUT2D eigenvalue weighted by Gasteiger charge is 2.31. The van der Waals surface area contributed by atoms with Crippen LogP contribution in [0.15, 0.2) is 48.5 Å². The van der Waals surface area contributed by atoms with Crippen LogP contribution in [0.5, 0.6) is 11.5 Å². The van der Waals surface area contributed by atoms with E-state index in [1.54, 1.807) is 6.07 Å². The van der Waals surface area contributed by atoms with Crippen molar-refractivity contribution in [3.05, 3.63) is 54.1 Å². The van der Waals surface area contributed by atoms with Crippen LogP contribution in [0.25, 0.3) is 0 Å². The summed E-state index contributed by atoms with van der Waals surface area (Å²) in [4.78, 5) is 12.3. The van der Waals surface area contributed by atoms with Crippen molar-refractivity contribution in [1.29, 1.82) is 0 Å². The van der Waals surface area contributed by atoms with Gasteiger partial charge in [0.2, 0.25) is 0 Å². The van der Waals surface area contributed by atoms with E-state index in [4.69, 9.17) is 4.74 Å². The number of rotatable bonds is 6. The summed E-state index contributed by atoms with van der Waals surface area (Å²) in [6.07, 6.45) is -5.03. The van der Waals surface area contributed by atoms with E-state index in [9.17, 15) is 18.0 Å². The molecule has 2 aromatic carbocycles. The molecule has 0 aliphatic carbocycles. The number of nitrogens with one attached hydrogen (secondary N) is 1. The molecule has 0 saturated carbocycles. The first-order chi connectivity index (χ1) is 11.8. The summed E-state index contributed by atoms with van der Waals surface area (Å²) in [5.41, 5.74) is 1.26. The van der Waals surface area contributed by atoms with Crippen molar-refractivity contribution in [1.82, 2.24) is 0 Å². The number of ether oxygens (including phenoxy) is 2. The molecule has 134 valence electrons. The minimum Gasteiger partial charge on any atom is -0.480 e. The second-order valence-corrected chi connectivity index (χ2v) is 5.34. The molecule has 2 rings (SSSR count). The molecule has 7 heteroatoms. The number of aryl methyl sites for hydroxylation is 1. The normalized spacial score (nSPS) is 12.4. The maximum Gasteiger partial charge on any atom is 0.573 e. The van der Waals surface area contributed by atoms with Gasteiger partial charge in [-0.3, -0.25) is 4.79 Å². The zero-order valence-electron chi connectivity index (χ0n) is 13.8. The van der Waals surface area contributed by atoms with Crippen LogP contribution in [0.3, 0.4) is 0 Å². The van der Waals surface area contributed by atoms with E-state index in [0.717, 1.165) is 17.7 Å². The summed E-state index contributed by atoms with van der Waals surface area (Å²) in [5.74, 6) is -0.123. The second-order valence-electron chi connectivity index (χ2n) is 5.34. The summed E-state index contributed by atoms with van der Waals surface area (Å²) in [6, 6.07) is 12.3. The molecule has 4 nitrogen and oxygen atoms in total. The van der Waals surface area contributed by atoms with E-state index in [0.29, 0.717) is 17.9 Å². The number of carbonyl (C=O) groups is 1. The molecule has 0 saturated heterocycles. The number of amides is 1. The molecule has 0 bridgehead atoms. The van der Waals surface area contributed by atoms with Crippen LogP contribution in [0.4, 0.5) is 18.9 Å². The molecule has 0 aromatic heterocycles. The predicted molar refractivity (Wildman–Crippen MR) is 87.6 cm³/mol. The fourth-order valence-corrected chi connectivity index (χ4v) is 2.13. The summed E-state index contributed by atoms with van der Waals surface area (Å²) >= 11 is 0. The van der Waals surface area contributed by atoms with Crippen molar-refractivity contribution < 1.29 is 27.4 Å². The van der Waals surface area contributed by atoms with Gasteiger partial charge in [-0.15, -0.1) is 13.2 Å². The van der Waals surface area contributed by atoms with Crippen molar-refractivity contribution >= 4 is 11.6 Å². The van der Waals surface area contributed by atoms with Gasteiger partial charge in [0, 0.05) is 5.69 Å². The SMILES string of the molecule is CC[C@H](Oc1ccccc1C)C(=O)Nc1ccc(OC(F)(F)F)cc1. The van der Waals surface area contributed by atoms with Gasteiger partial charge in [0.15, 0.2) is 6.10 Å². The Hall–Kier alpha value is -2.70. The summed E-state index contributed by atoms with van der Waals surface area (Å²) in [5, 5.41) is 2.62. The first kappa shape index (κ1) is 18.6. The summed E-state index contributed by atoms with van der Waals surface area (Å²) in [6.45, 7) is 3.68. The third kappa shape index (κ3) is 5.70. The fourth-order valence-electron chi connectivity index (χ4n) is 2.13. The second kappa shape index (κ2) is 7.92. The van der Waals surface area contributed by atoms with E-state index >= 15 is 0 Å². The smallest absolute Gasteiger partial charge is 0.480 e. The molecule has 0 heterocycles. The molecule has 0 aliphatic heterocycles. The lowest BCUT2D eigenvalue weighted by molar-refractivity contribution is -0.274. The molecule has 1 amide bonds. The highest BCUT2D eigenvalue weighted by atomic mass is 19.4. The molecular weight excluding hydrogens is 335 g/mol. The number of halogens is 3. The lowest BCUT2D eigenvalue weighted by Gasteiger charge is -2.18. The minimum atomic E-state index is -4.75. The molecule has 0 aliphatic rings. The van der Waals surface area contributed by atoms with Crippen molar-refractivity contribution in [3.63, 3.8) is 0 Å². The Morgan fingerprint density at radius 1 is 1.12 bits per heavy atom. The Kier molecular flexibility index (Phi) is 5.90. The van der Waals surface area contributed by atoms with Crippen LogP contribution in [-0.2, 0) is 4.79 Å². The lowest BCUT2D eigenvalue weighted by Crippen LogP contribution is -2.32. The number of carbonyl (C=O) groups excluding carboxylic acids is 1. The largest absolute Gasteiger partial charge is 0.573 e. The average molecular weight is 353 g/mol. The maximum absolute atomic E-state index is 12.3. The molecule has 0 unspecified atom stereocenters. The number of para-hydroxylation sites is 1. The Bertz CT molecular complexity index is 714. The van der Waals surface area contributed by atoms with Gasteiger partial charge in [0.25, 0.3) is 5.91 Å². The lowest BCUT2D eigenvalue weighted by atomic mass is 10.2. The quantitative estimate of drug-likeness (QED) is 0.820. The molecule has 1 atom stereocenters. The van der Waals surface area contributed by atoms with Gasteiger partial charge in [-0.25, -0.2) is 0 Å². The number of hydrogen-bond donors (Lipinski definition) is 1. The Balaban J connectivity index is 2.00. The van der Waals surface area contributed by atoms with Crippen molar-refractivity contribution in [2.75, 3.05) is 5.32 Å². The minimum absolute atomic E-state index is 0.353. The number of anilines is 1. The average Bonchev–Trinajstić information content (AvgIpc) is 2.54. The maximum atomic E-state index is 12.3. The fraction of sp³-hybridized carbons (Fsp3) is 0.278. The topological polar surface area (TPSA) is 47.6 Å². The van der Waals surface area contributed by atoms with Crippen molar-refractivity contribution in [3.8, 4) is 11.5 Å². The molecule has 25 heavy (non-hydrogen) atoms. The van der Waals surface area contributed by atoms with Gasteiger partial charge in [-0.2, -0.15) is 0 Å². The first-order valence-corrected chi connectivity index (χ1v) is 7.67. The van der Waals surface area contributed by atoms with Crippen LogP contribution in [-0.4, -0.2) is 18.4 Å². The Labute approximate surface area is 143 Å². The highest BCUT2D eigenvalue weighted by molar-refractivity contribution is 5.94.